The van der Waals surface area contributed by atoms with Gasteiger partial charge in [-0.3, -0.25) is 5.84 Å². The quantitative estimate of drug-likeness (QED) is 0.493. The lowest BCUT2D eigenvalue weighted by atomic mass is 10.0. The molecule has 0 aliphatic carbocycles. The zero-order valence-electron chi connectivity index (χ0n) is 6.14. The van der Waals surface area contributed by atoms with E-state index in [-0.39, 0.29) is 0 Å². The van der Waals surface area contributed by atoms with Gasteiger partial charge in [0.2, 0.25) is 0 Å². The Balaban J connectivity index is 2.25. The van der Waals surface area contributed by atoms with Crippen LogP contribution in [0.25, 0.3) is 0 Å². The Morgan fingerprint density at radius 3 is 2.89 bits per heavy atom. The summed E-state index contributed by atoms with van der Waals surface area (Å²) in [5, 5.41) is 1.93. The molecule has 0 amide bonds. The first-order valence-electron chi connectivity index (χ1n) is 3.78. The molecule has 9 heavy (non-hydrogen) atoms. The lowest BCUT2D eigenvalue weighted by Gasteiger charge is -2.11. The van der Waals surface area contributed by atoms with Gasteiger partial charge < -0.3 is 0 Å². The van der Waals surface area contributed by atoms with Crippen LogP contribution < -0.4 is 5.84 Å². The van der Waals surface area contributed by atoms with E-state index in [9.17, 15) is 0 Å². The second kappa shape index (κ2) is 3.18. The van der Waals surface area contributed by atoms with Crippen LogP contribution in [0, 0.1) is 5.92 Å². The van der Waals surface area contributed by atoms with Crippen molar-refractivity contribution < 1.29 is 0 Å². The maximum Gasteiger partial charge on any atom is 0.0131 e. The van der Waals surface area contributed by atoms with Crippen LogP contribution in [0.1, 0.15) is 26.2 Å². The second-order valence-corrected chi connectivity index (χ2v) is 3.07. The Bertz CT molecular complexity index is 73.0. The Labute approximate surface area is 57.0 Å². The van der Waals surface area contributed by atoms with E-state index in [1.807, 2.05) is 5.01 Å². The summed E-state index contributed by atoms with van der Waals surface area (Å²) >= 11 is 0. The topological polar surface area (TPSA) is 29.3 Å². The first-order valence-corrected chi connectivity index (χ1v) is 3.78. The number of hydrogen-bond donors (Lipinski definition) is 1. The van der Waals surface area contributed by atoms with E-state index >= 15 is 0 Å². The monoisotopic (exact) mass is 128 g/mol. The summed E-state index contributed by atoms with van der Waals surface area (Å²) in [5.74, 6) is 6.52. The average Bonchev–Trinajstić information content (AvgIpc) is 1.97. The Kier molecular flexibility index (Phi) is 2.49. The summed E-state index contributed by atoms with van der Waals surface area (Å²) < 4.78 is 0. The molecule has 0 saturated carbocycles. The van der Waals surface area contributed by atoms with Crippen molar-refractivity contribution in [3.05, 3.63) is 0 Å². The number of hydrogen-bond acceptors (Lipinski definition) is 2. The molecule has 0 spiro atoms. The van der Waals surface area contributed by atoms with Crippen molar-refractivity contribution in [2.45, 2.75) is 26.2 Å². The number of rotatable bonds is 0. The standard InChI is InChI=1S/C7H16N2/c1-7-3-2-5-9(8)6-4-7/h7H,2-6,8H2,1H3. The van der Waals surface area contributed by atoms with Gasteiger partial charge in [0.25, 0.3) is 0 Å². The molecule has 1 rings (SSSR count). The van der Waals surface area contributed by atoms with Crippen LogP contribution in [0.2, 0.25) is 0 Å². The maximum absolute atomic E-state index is 5.63. The molecule has 1 aliphatic rings. The van der Waals surface area contributed by atoms with E-state index in [0.717, 1.165) is 19.0 Å². The van der Waals surface area contributed by atoms with Gasteiger partial charge in [-0.2, -0.15) is 0 Å². The largest absolute Gasteiger partial charge is 0.269 e. The number of hydrazine groups is 1. The van der Waals surface area contributed by atoms with Crippen molar-refractivity contribution >= 4 is 0 Å². The molecule has 2 nitrogen and oxygen atoms in total. The van der Waals surface area contributed by atoms with Crippen LogP contribution in [-0.2, 0) is 0 Å². The van der Waals surface area contributed by atoms with E-state index < -0.39 is 0 Å². The molecule has 0 aromatic heterocycles. The predicted octanol–water partition coefficient (Wildman–Crippen LogP) is 0.982. The highest BCUT2D eigenvalue weighted by molar-refractivity contribution is 4.62. The normalized spacial score (nSPS) is 32.0. The van der Waals surface area contributed by atoms with E-state index in [2.05, 4.69) is 6.92 Å². The number of nitrogens with zero attached hydrogens (tertiary/aromatic N) is 1. The molecule has 54 valence electrons. The van der Waals surface area contributed by atoms with E-state index in [1.54, 1.807) is 0 Å². The minimum absolute atomic E-state index is 0.888. The van der Waals surface area contributed by atoms with Crippen LogP contribution in [0.4, 0.5) is 0 Å². The van der Waals surface area contributed by atoms with Gasteiger partial charge in [-0.1, -0.05) is 6.92 Å². The Hall–Kier alpha value is -0.0800. The van der Waals surface area contributed by atoms with Gasteiger partial charge in [0, 0.05) is 13.1 Å². The molecule has 0 radical (unpaired) electrons. The summed E-state index contributed by atoms with van der Waals surface area (Å²) in [6, 6.07) is 0. The van der Waals surface area contributed by atoms with Crippen molar-refractivity contribution in [3.63, 3.8) is 0 Å². The van der Waals surface area contributed by atoms with Gasteiger partial charge in [-0.05, 0) is 25.2 Å². The fourth-order valence-corrected chi connectivity index (χ4v) is 1.29. The predicted molar refractivity (Wildman–Crippen MR) is 38.8 cm³/mol. The molecule has 1 heterocycles. The molecule has 2 N–H and O–H groups in total. The Morgan fingerprint density at radius 2 is 2.11 bits per heavy atom. The van der Waals surface area contributed by atoms with E-state index in [0.29, 0.717) is 0 Å². The van der Waals surface area contributed by atoms with Crippen molar-refractivity contribution in [1.29, 1.82) is 0 Å². The molecule has 1 saturated heterocycles. The fourth-order valence-electron chi connectivity index (χ4n) is 1.29. The van der Waals surface area contributed by atoms with Gasteiger partial charge in [-0.15, -0.1) is 0 Å². The molecule has 0 aromatic rings. The molecule has 1 atom stereocenters. The molecule has 1 aliphatic heterocycles. The van der Waals surface area contributed by atoms with Crippen LogP contribution in [0.15, 0.2) is 0 Å². The fraction of sp³-hybridized carbons (Fsp3) is 1.00. The lowest BCUT2D eigenvalue weighted by Crippen LogP contribution is -2.31. The summed E-state index contributed by atoms with van der Waals surface area (Å²) in [7, 11) is 0. The van der Waals surface area contributed by atoms with Gasteiger partial charge in [0.15, 0.2) is 0 Å². The highest BCUT2D eigenvalue weighted by atomic mass is 15.4. The third kappa shape index (κ3) is 2.33. The van der Waals surface area contributed by atoms with Crippen molar-refractivity contribution in [3.8, 4) is 0 Å². The SMILES string of the molecule is CC1CCCN(N)CC1. The highest BCUT2D eigenvalue weighted by Crippen LogP contribution is 2.13. The van der Waals surface area contributed by atoms with E-state index in [4.69, 9.17) is 5.84 Å². The Morgan fingerprint density at radius 1 is 1.33 bits per heavy atom. The van der Waals surface area contributed by atoms with Crippen LogP contribution >= 0.6 is 0 Å². The van der Waals surface area contributed by atoms with Gasteiger partial charge in [-0.25, -0.2) is 5.01 Å². The van der Waals surface area contributed by atoms with E-state index in [1.165, 1.54) is 19.3 Å². The summed E-state index contributed by atoms with van der Waals surface area (Å²) in [4.78, 5) is 0. The molecule has 0 aromatic carbocycles. The third-order valence-electron chi connectivity index (χ3n) is 2.05. The number of nitrogens with two attached hydrogens (primary N) is 1. The van der Waals surface area contributed by atoms with Gasteiger partial charge in [0.1, 0.15) is 0 Å². The molecule has 1 fully saturated rings. The van der Waals surface area contributed by atoms with Gasteiger partial charge >= 0.3 is 0 Å². The first kappa shape index (κ1) is 7.03. The van der Waals surface area contributed by atoms with Crippen LogP contribution in [-0.4, -0.2) is 18.1 Å². The zero-order valence-corrected chi connectivity index (χ0v) is 6.14. The molecule has 2 heteroatoms. The average molecular weight is 128 g/mol. The second-order valence-electron chi connectivity index (χ2n) is 3.07. The van der Waals surface area contributed by atoms with Crippen LogP contribution in [0.3, 0.4) is 0 Å². The summed E-state index contributed by atoms with van der Waals surface area (Å²) in [6.45, 7) is 4.48. The minimum atomic E-state index is 0.888. The lowest BCUT2D eigenvalue weighted by molar-refractivity contribution is 0.292. The maximum atomic E-state index is 5.63. The third-order valence-corrected chi connectivity index (χ3v) is 2.05. The van der Waals surface area contributed by atoms with Gasteiger partial charge in [0.05, 0.1) is 0 Å². The molecule has 1 unspecified atom stereocenters. The first-order chi connectivity index (χ1) is 4.29. The van der Waals surface area contributed by atoms with Crippen molar-refractivity contribution in [1.82, 2.24) is 5.01 Å². The van der Waals surface area contributed by atoms with Crippen molar-refractivity contribution in [2.24, 2.45) is 11.8 Å². The highest BCUT2D eigenvalue weighted by Gasteiger charge is 2.09. The zero-order chi connectivity index (χ0) is 6.69. The van der Waals surface area contributed by atoms with Crippen molar-refractivity contribution in [2.75, 3.05) is 13.1 Å². The molecule has 0 bridgehead atoms. The molecular formula is C7H16N2. The van der Waals surface area contributed by atoms with Crippen LogP contribution in [0.5, 0.6) is 0 Å². The summed E-state index contributed by atoms with van der Waals surface area (Å²) in [5.41, 5.74) is 0. The molecular weight excluding hydrogens is 112 g/mol. The smallest absolute Gasteiger partial charge is 0.0131 e. The summed E-state index contributed by atoms with van der Waals surface area (Å²) in [6.07, 6.45) is 3.90. The minimum Gasteiger partial charge on any atom is -0.269 e.